The fourth-order valence-corrected chi connectivity index (χ4v) is 2.97. The lowest BCUT2D eigenvalue weighted by Crippen LogP contribution is -2.32. The van der Waals surface area contributed by atoms with Gasteiger partial charge in [-0.25, -0.2) is 0 Å². The highest BCUT2D eigenvalue weighted by Crippen LogP contribution is 2.34. The van der Waals surface area contributed by atoms with Gasteiger partial charge in [-0.1, -0.05) is 6.92 Å². The lowest BCUT2D eigenvalue weighted by molar-refractivity contribution is 0.171. The van der Waals surface area contributed by atoms with Gasteiger partial charge in [0.05, 0.1) is 6.61 Å². The molecule has 106 valence electrons. The first-order valence-corrected chi connectivity index (χ1v) is 7.68. The van der Waals surface area contributed by atoms with E-state index in [4.69, 9.17) is 9.47 Å². The van der Waals surface area contributed by atoms with Gasteiger partial charge < -0.3 is 19.9 Å². The van der Waals surface area contributed by atoms with Crippen molar-refractivity contribution in [3.8, 4) is 11.5 Å². The summed E-state index contributed by atoms with van der Waals surface area (Å²) in [5.41, 5.74) is 0. The van der Waals surface area contributed by atoms with Crippen molar-refractivity contribution in [1.82, 2.24) is 5.32 Å². The van der Waals surface area contributed by atoms with Crippen LogP contribution in [0, 0.1) is 0 Å². The van der Waals surface area contributed by atoms with Crippen LogP contribution in [0.1, 0.15) is 13.3 Å². The molecule has 4 nitrogen and oxygen atoms in total. The minimum atomic E-state index is 0.190. The van der Waals surface area contributed by atoms with E-state index in [-0.39, 0.29) is 12.6 Å². The molecule has 2 N–H and O–H groups in total. The topological polar surface area (TPSA) is 50.7 Å². The largest absolute Gasteiger partial charge is 0.486 e. The summed E-state index contributed by atoms with van der Waals surface area (Å²) < 4.78 is 11.1. The molecule has 1 atom stereocenters. The van der Waals surface area contributed by atoms with Crippen LogP contribution in [0.15, 0.2) is 23.1 Å². The number of rotatable bonds is 7. The van der Waals surface area contributed by atoms with Crippen LogP contribution in [0.25, 0.3) is 0 Å². The van der Waals surface area contributed by atoms with Crippen molar-refractivity contribution in [1.29, 1.82) is 0 Å². The number of benzene rings is 1. The molecule has 2 rings (SSSR count). The van der Waals surface area contributed by atoms with Crippen LogP contribution >= 0.6 is 11.8 Å². The number of nitrogens with one attached hydrogen (secondary N) is 1. The van der Waals surface area contributed by atoms with Gasteiger partial charge in [-0.3, -0.25) is 0 Å². The number of hydrogen-bond acceptors (Lipinski definition) is 5. The van der Waals surface area contributed by atoms with Gasteiger partial charge in [0.15, 0.2) is 11.5 Å². The summed E-state index contributed by atoms with van der Waals surface area (Å²) in [4.78, 5) is 1.18. The predicted octanol–water partition coefficient (Wildman–Crippen LogP) is 1.91. The summed E-state index contributed by atoms with van der Waals surface area (Å²) in [7, 11) is 0. The van der Waals surface area contributed by atoms with Crippen molar-refractivity contribution in [2.75, 3.05) is 32.1 Å². The van der Waals surface area contributed by atoms with Crippen molar-refractivity contribution in [3.05, 3.63) is 18.2 Å². The van der Waals surface area contributed by atoms with Crippen LogP contribution in [0.5, 0.6) is 11.5 Å². The second-order valence-corrected chi connectivity index (χ2v) is 5.55. The average Bonchev–Trinajstić information content (AvgIpc) is 2.46. The molecule has 1 unspecified atom stereocenters. The summed E-state index contributed by atoms with van der Waals surface area (Å²) in [6.07, 6.45) is 0.948. The van der Waals surface area contributed by atoms with Gasteiger partial charge in [-0.05, 0) is 36.9 Å². The highest BCUT2D eigenvalue weighted by Gasteiger charge is 2.12. The molecule has 0 aromatic heterocycles. The first-order valence-electron chi connectivity index (χ1n) is 6.70. The van der Waals surface area contributed by atoms with E-state index in [2.05, 4.69) is 18.3 Å². The molecular weight excluding hydrogens is 262 g/mol. The van der Waals surface area contributed by atoms with E-state index < -0.39 is 0 Å². The number of aliphatic hydroxyl groups is 1. The molecule has 1 aliphatic heterocycles. The summed E-state index contributed by atoms with van der Waals surface area (Å²) in [6, 6.07) is 6.24. The van der Waals surface area contributed by atoms with Gasteiger partial charge >= 0.3 is 0 Å². The second-order valence-electron chi connectivity index (χ2n) is 4.38. The number of likely N-dealkylation sites (N-methyl/N-ethyl adjacent to an activating group) is 1. The zero-order chi connectivity index (χ0) is 13.5. The third kappa shape index (κ3) is 4.30. The normalized spacial score (nSPS) is 15.3. The molecule has 0 radical (unpaired) electrons. The molecule has 1 aromatic carbocycles. The molecule has 1 aliphatic rings. The average molecular weight is 283 g/mol. The predicted molar refractivity (Wildman–Crippen MR) is 77.3 cm³/mol. The van der Waals surface area contributed by atoms with Crippen molar-refractivity contribution in [2.24, 2.45) is 0 Å². The summed E-state index contributed by atoms with van der Waals surface area (Å²) in [6.45, 7) is 4.38. The maximum absolute atomic E-state index is 9.20. The Kier molecular flexibility index (Phi) is 5.82. The van der Waals surface area contributed by atoms with Crippen LogP contribution in [-0.2, 0) is 0 Å². The zero-order valence-corrected chi connectivity index (χ0v) is 12.0. The molecule has 1 aromatic rings. The minimum absolute atomic E-state index is 0.190. The Morgan fingerprint density at radius 1 is 1.32 bits per heavy atom. The first-order chi connectivity index (χ1) is 9.33. The van der Waals surface area contributed by atoms with Crippen LogP contribution in [-0.4, -0.2) is 43.3 Å². The van der Waals surface area contributed by atoms with E-state index in [1.165, 1.54) is 4.90 Å². The van der Waals surface area contributed by atoms with Crippen molar-refractivity contribution in [3.63, 3.8) is 0 Å². The van der Waals surface area contributed by atoms with E-state index in [9.17, 15) is 5.11 Å². The monoisotopic (exact) mass is 283 g/mol. The fourth-order valence-electron chi connectivity index (χ4n) is 1.98. The molecule has 0 fully saturated rings. The highest BCUT2D eigenvalue weighted by atomic mass is 32.2. The molecule has 0 bridgehead atoms. The van der Waals surface area contributed by atoms with Gasteiger partial charge in [0.1, 0.15) is 13.2 Å². The van der Waals surface area contributed by atoms with Gasteiger partial charge in [-0.15, -0.1) is 11.8 Å². The van der Waals surface area contributed by atoms with E-state index in [0.29, 0.717) is 13.2 Å². The van der Waals surface area contributed by atoms with Crippen LogP contribution in [0.3, 0.4) is 0 Å². The lowest BCUT2D eigenvalue weighted by atomic mass is 10.2. The maximum Gasteiger partial charge on any atom is 0.162 e. The Morgan fingerprint density at radius 3 is 2.84 bits per heavy atom. The summed E-state index contributed by atoms with van der Waals surface area (Å²) >= 11 is 1.78. The molecule has 0 saturated carbocycles. The summed E-state index contributed by atoms with van der Waals surface area (Å²) in [5, 5.41) is 12.5. The van der Waals surface area contributed by atoms with Gasteiger partial charge in [0.25, 0.3) is 0 Å². The molecule has 19 heavy (non-hydrogen) atoms. The van der Waals surface area contributed by atoms with Crippen LogP contribution in [0.2, 0.25) is 0 Å². The highest BCUT2D eigenvalue weighted by molar-refractivity contribution is 7.99. The first kappa shape index (κ1) is 14.5. The van der Waals surface area contributed by atoms with Gasteiger partial charge in [0.2, 0.25) is 0 Å². The molecular formula is C14H21NO3S. The Bertz CT molecular complexity index is 400. The Hall–Kier alpha value is -0.910. The van der Waals surface area contributed by atoms with Crippen molar-refractivity contribution < 1.29 is 14.6 Å². The van der Waals surface area contributed by atoms with E-state index in [1.807, 2.05) is 12.1 Å². The SMILES string of the molecule is CCNC(CO)CCSc1ccc2c(c1)OCCO2. The molecule has 5 heteroatoms. The van der Waals surface area contributed by atoms with E-state index in [0.717, 1.165) is 30.2 Å². The molecule has 0 saturated heterocycles. The standard InChI is InChI=1S/C14H21NO3S/c1-2-15-11(10-16)5-8-19-12-3-4-13-14(9-12)18-7-6-17-13/h3-4,9,11,15-16H,2,5-8,10H2,1H3. The minimum Gasteiger partial charge on any atom is -0.486 e. The number of ether oxygens (including phenoxy) is 2. The third-order valence-electron chi connectivity index (χ3n) is 2.96. The molecule has 0 spiro atoms. The maximum atomic E-state index is 9.20. The van der Waals surface area contributed by atoms with Gasteiger partial charge in [0, 0.05) is 10.9 Å². The molecule has 0 amide bonds. The third-order valence-corrected chi connectivity index (χ3v) is 3.99. The number of aliphatic hydroxyl groups excluding tert-OH is 1. The summed E-state index contributed by atoms with van der Waals surface area (Å²) in [5.74, 6) is 2.64. The Labute approximate surface area is 118 Å². The Morgan fingerprint density at radius 2 is 2.11 bits per heavy atom. The molecule has 1 heterocycles. The lowest BCUT2D eigenvalue weighted by Gasteiger charge is -2.19. The smallest absolute Gasteiger partial charge is 0.162 e. The van der Waals surface area contributed by atoms with Gasteiger partial charge in [-0.2, -0.15) is 0 Å². The fraction of sp³-hybridized carbons (Fsp3) is 0.571. The Balaban J connectivity index is 1.82. The van der Waals surface area contributed by atoms with Crippen LogP contribution in [0.4, 0.5) is 0 Å². The van der Waals surface area contributed by atoms with Crippen molar-refractivity contribution >= 4 is 11.8 Å². The van der Waals surface area contributed by atoms with Crippen LogP contribution < -0.4 is 14.8 Å². The quantitative estimate of drug-likeness (QED) is 0.749. The number of fused-ring (bicyclic) bond motifs is 1. The molecule has 0 aliphatic carbocycles. The second kappa shape index (κ2) is 7.62. The number of thioether (sulfide) groups is 1. The van der Waals surface area contributed by atoms with Crippen molar-refractivity contribution in [2.45, 2.75) is 24.3 Å². The number of hydrogen-bond donors (Lipinski definition) is 2. The zero-order valence-electron chi connectivity index (χ0n) is 11.2. The van der Waals surface area contributed by atoms with E-state index in [1.54, 1.807) is 11.8 Å². The van der Waals surface area contributed by atoms with E-state index >= 15 is 0 Å².